The zero-order valence-corrected chi connectivity index (χ0v) is 13.1. The van der Waals surface area contributed by atoms with E-state index >= 15 is 0 Å². The van der Waals surface area contributed by atoms with Crippen molar-refractivity contribution < 1.29 is 9.53 Å². The molecule has 0 radical (unpaired) electrons. The van der Waals surface area contributed by atoms with Crippen molar-refractivity contribution in [1.82, 2.24) is 24.8 Å². The molecule has 2 aromatic rings. The maximum absolute atomic E-state index is 12.3. The number of rotatable bonds is 4. The Morgan fingerprint density at radius 1 is 1.17 bits per heavy atom. The number of carbonyl (C=O) groups is 1. The Labute approximate surface area is 134 Å². The quantitative estimate of drug-likeness (QED) is 0.851. The number of aromatic nitrogens is 4. The van der Waals surface area contributed by atoms with Crippen LogP contribution in [0.25, 0.3) is 0 Å². The van der Waals surface area contributed by atoms with E-state index in [1.807, 2.05) is 0 Å². The number of piperidine rings is 1. The summed E-state index contributed by atoms with van der Waals surface area (Å²) in [6.45, 7) is 3.32. The molecule has 0 aliphatic carbocycles. The van der Waals surface area contributed by atoms with Crippen molar-refractivity contribution in [2.75, 3.05) is 13.1 Å². The van der Waals surface area contributed by atoms with Crippen LogP contribution in [0.3, 0.4) is 0 Å². The number of nitrogens with zero attached hydrogens (tertiary/aromatic N) is 5. The molecule has 7 nitrogen and oxygen atoms in total. The second kappa shape index (κ2) is 7.13. The molecule has 7 heteroatoms. The number of hydrogen-bond acceptors (Lipinski definition) is 6. The molecule has 3 heterocycles. The average molecular weight is 313 g/mol. The molecule has 0 saturated carbocycles. The van der Waals surface area contributed by atoms with Gasteiger partial charge < -0.3 is 9.64 Å². The van der Waals surface area contributed by atoms with Crippen LogP contribution in [0.15, 0.2) is 31.0 Å². The lowest BCUT2D eigenvalue weighted by molar-refractivity contribution is 0.0573. The largest absolute Gasteiger partial charge is 0.460 e. The van der Waals surface area contributed by atoms with Gasteiger partial charge in [-0.2, -0.15) is 0 Å². The van der Waals surface area contributed by atoms with Crippen molar-refractivity contribution in [3.05, 3.63) is 42.2 Å². The van der Waals surface area contributed by atoms with E-state index in [9.17, 15) is 4.79 Å². The molecule has 1 amide bonds. The molecule has 1 aliphatic heterocycles. The molecule has 0 N–H and O–H groups in total. The number of carbonyl (C=O) groups excluding carboxylic acids is 1. The average Bonchev–Trinajstić information content (AvgIpc) is 2.63. The van der Waals surface area contributed by atoms with Gasteiger partial charge in [-0.15, -0.1) is 0 Å². The molecular weight excluding hydrogens is 294 g/mol. The van der Waals surface area contributed by atoms with Crippen molar-refractivity contribution in [3.8, 4) is 6.01 Å². The van der Waals surface area contributed by atoms with Crippen LogP contribution in [-0.4, -0.2) is 49.9 Å². The van der Waals surface area contributed by atoms with Gasteiger partial charge in [-0.3, -0.25) is 9.78 Å². The lowest BCUT2D eigenvalue weighted by Gasteiger charge is -2.31. The summed E-state index contributed by atoms with van der Waals surface area (Å²) in [6, 6.07) is 0.404. The first-order chi connectivity index (χ1) is 11.3. The van der Waals surface area contributed by atoms with E-state index in [4.69, 9.17) is 4.74 Å². The van der Waals surface area contributed by atoms with Gasteiger partial charge in [0, 0.05) is 50.7 Å². The van der Waals surface area contributed by atoms with Gasteiger partial charge in [0.15, 0.2) is 0 Å². The van der Waals surface area contributed by atoms with Gasteiger partial charge in [0.1, 0.15) is 11.8 Å². The van der Waals surface area contributed by atoms with Crippen molar-refractivity contribution in [3.63, 3.8) is 0 Å². The first-order valence-electron chi connectivity index (χ1n) is 7.79. The zero-order valence-electron chi connectivity index (χ0n) is 13.1. The van der Waals surface area contributed by atoms with Gasteiger partial charge in [0.2, 0.25) is 0 Å². The first-order valence-corrected chi connectivity index (χ1v) is 7.79. The fourth-order valence-corrected chi connectivity index (χ4v) is 2.48. The number of amides is 1. The highest BCUT2D eigenvalue weighted by atomic mass is 16.5. The van der Waals surface area contributed by atoms with Crippen LogP contribution in [0.5, 0.6) is 6.01 Å². The molecule has 0 aromatic carbocycles. The maximum Gasteiger partial charge on any atom is 0.316 e. The fraction of sp³-hybridized carbons (Fsp3) is 0.438. The Hall–Kier alpha value is -2.57. The normalized spacial score (nSPS) is 15.4. The summed E-state index contributed by atoms with van der Waals surface area (Å²) < 4.78 is 5.80. The predicted octanol–water partition coefficient (Wildman–Crippen LogP) is 1.51. The van der Waals surface area contributed by atoms with Crippen LogP contribution in [0.1, 0.15) is 35.8 Å². The van der Waals surface area contributed by atoms with Crippen LogP contribution >= 0.6 is 0 Å². The van der Waals surface area contributed by atoms with E-state index in [2.05, 4.69) is 26.9 Å². The minimum absolute atomic E-state index is 0.0355. The minimum Gasteiger partial charge on any atom is -0.460 e. The third-order valence-electron chi connectivity index (χ3n) is 3.87. The third kappa shape index (κ3) is 3.80. The van der Waals surface area contributed by atoms with Gasteiger partial charge in [-0.1, -0.05) is 6.92 Å². The highest BCUT2D eigenvalue weighted by molar-refractivity contribution is 5.92. The van der Waals surface area contributed by atoms with Gasteiger partial charge in [-0.25, -0.2) is 15.0 Å². The smallest absolute Gasteiger partial charge is 0.316 e. The topological polar surface area (TPSA) is 81.1 Å². The lowest BCUT2D eigenvalue weighted by atomic mass is 10.1. The Bertz CT molecular complexity index is 639. The summed E-state index contributed by atoms with van der Waals surface area (Å²) in [5.41, 5.74) is 1.46. The molecule has 1 saturated heterocycles. The summed E-state index contributed by atoms with van der Waals surface area (Å²) in [7, 11) is 0. The lowest BCUT2D eigenvalue weighted by Crippen LogP contribution is -2.42. The summed E-state index contributed by atoms with van der Waals surface area (Å²) >= 11 is 0. The van der Waals surface area contributed by atoms with E-state index in [0.29, 0.717) is 24.8 Å². The molecule has 3 rings (SSSR count). The number of ether oxygens (including phenoxy) is 1. The van der Waals surface area contributed by atoms with Gasteiger partial charge in [-0.05, 0) is 12.0 Å². The van der Waals surface area contributed by atoms with E-state index in [1.54, 1.807) is 23.5 Å². The Morgan fingerprint density at radius 3 is 2.52 bits per heavy atom. The highest BCUT2D eigenvalue weighted by Gasteiger charge is 2.25. The van der Waals surface area contributed by atoms with E-state index in [0.717, 1.165) is 24.8 Å². The van der Waals surface area contributed by atoms with Crippen molar-refractivity contribution in [2.24, 2.45) is 0 Å². The fourth-order valence-electron chi connectivity index (χ4n) is 2.48. The number of aryl methyl sites for hydroxylation is 1. The van der Waals surface area contributed by atoms with Crippen molar-refractivity contribution >= 4 is 5.91 Å². The van der Waals surface area contributed by atoms with Crippen LogP contribution in [0.2, 0.25) is 0 Å². The highest BCUT2D eigenvalue weighted by Crippen LogP contribution is 2.17. The summed E-state index contributed by atoms with van der Waals surface area (Å²) in [5, 5.41) is 0. The van der Waals surface area contributed by atoms with Gasteiger partial charge >= 0.3 is 6.01 Å². The molecule has 0 unspecified atom stereocenters. The molecule has 2 aromatic heterocycles. The van der Waals surface area contributed by atoms with Crippen molar-refractivity contribution in [2.45, 2.75) is 32.3 Å². The molecular formula is C16H19N5O2. The number of hydrogen-bond donors (Lipinski definition) is 0. The van der Waals surface area contributed by atoms with E-state index in [1.165, 1.54) is 12.4 Å². The molecule has 120 valence electrons. The molecule has 0 bridgehead atoms. The Morgan fingerprint density at radius 2 is 1.91 bits per heavy atom. The molecule has 0 atom stereocenters. The second-order valence-electron chi connectivity index (χ2n) is 5.43. The van der Waals surface area contributed by atoms with Crippen LogP contribution in [-0.2, 0) is 6.42 Å². The van der Waals surface area contributed by atoms with Gasteiger partial charge in [0.05, 0.1) is 6.20 Å². The Balaban J connectivity index is 1.53. The number of likely N-dealkylation sites (tertiary alicyclic amines) is 1. The molecule has 0 spiro atoms. The van der Waals surface area contributed by atoms with Crippen LogP contribution < -0.4 is 4.74 Å². The van der Waals surface area contributed by atoms with Gasteiger partial charge in [0.25, 0.3) is 5.91 Å². The molecule has 1 fully saturated rings. The summed E-state index contributed by atoms with van der Waals surface area (Å²) in [4.78, 5) is 30.5. The molecule has 23 heavy (non-hydrogen) atoms. The van der Waals surface area contributed by atoms with E-state index < -0.39 is 0 Å². The first kappa shape index (κ1) is 15.3. The Kier molecular flexibility index (Phi) is 4.75. The van der Waals surface area contributed by atoms with Crippen LogP contribution in [0.4, 0.5) is 0 Å². The zero-order chi connectivity index (χ0) is 16.1. The van der Waals surface area contributed by atoms with Crippen LogP contribution in [0, 0.1) is 0 Å². The standard InChI is InChI=1S/C16H19N5O2/c1-2-12-9-19-16(20-10-12)23-13-3-7-21(8-4-13)15(22)14-11-17-5-6-18-14/h5-6,9-11,13H,2-4,7-8H2,1H3. The minimum atomic E-state index is -0.0832. The molecule has 1 aliphatic rings. The van der Waals surface area contributed by atoms with E-state index in [-0.39, 0.29) is 12.0 Å². The summed E-state index contributed by atoms with van der Waals surface area (Å²) in [6.07, 6.45) is 10.6. The second-order valence-corrected chi connectivity index (χ2v) is 5.43. The monoisotopic (exact) mass is 313 g/mol. The SMILES string of the molecule is CCc1cnc(OC2CCN(C(=O)c3cnccn3)CC2)nc1. The summed E-state index contributed by atoms with van der Waals surface area (Å²) in [5.74, 6) is -0.0832. The predicted molar refractivity (Wildman–Crippen MR) is 83.0 cm³/mol. The third-order valence-corrected chi connectivity index (χ3v) is 3.87. The maximum atomic E-state index is 12.3. The van der Waals surface area contributed by atoms with Crippen molar-refractivity contribution in [1.29, 1.82) is 0 Å².